The van der Waals surface area contributed by atoms with Gasteiger partial charge in [-0.1, -0.05) is 0 Å². The number of nitro benzene ring substituents is 1. The second-order valence-electron chi connectivity index (χ2n) is 2.81. The lowest BCUT2D eigenvalue weighted by Gasteiger charge is -2.04. The van der Waals surface area contributed by atoms with Crippen molar-refractivity contribution in [1.82, 2.24) is 0 Å². The van der Waals surface area contributed by atoms with Crippen LogP contribution in [0.1, 0.15) is 12.0 Å². The van der Waals surface area contributed by atoms with Crippen LogP contribution >= 0.6 is 0 Å². The minimum Gasteiger partial charge on any atom is -0.486 e. The summed E-state index contributed by atoms with van der Waals surface area (Å²) in [7, 11) is 0. The van der Waals surface area contributed by atoms with Crippen LogP contribution in [0.3, 0.4) is 0 Å². The Kier molecular flexibility index (Phi) is 3.82. The number of benzene rings is 1. The van der Waals surface area contributed by atoms with Gasteiger partial charge >= 0.3 is 5.69 Å². The average Bonchev–Trinajstić information content (AvgIpc) is 2.29. The molecular formula is C10H7N3O3. The zero-order valence-electron chi connectivity index (χ0n) is 8.21. The van der Waals surface area contributed by atoms with Crippen molar-refractivity contribution in [2.75, 3.05) is 6.61 Å². The summed E-state index contributed by atoms with van der Waals surface area (Å²) in [6.07, 6.45) is 0.150. The number of hydrogen-bond acceptors (Lipinski definition) is 5. The van der Waals surface area contributed by atoms with Crippen molar-refractivity contribution in [3.8, 4) is 17.9 Å². The molecule has 6 heteroatoms. The van der Waals surface area contributed by atoms with Crippen LogP contribution in [0.2, 0.25) is 0 Å². The first-order valence-corrected chi connectivity index (χ1v) is 4.37. The zero-order valence-corrected chi connectivity index (χ0v) is 8.21. The Balaban J connectivity index is 2.96. The van der Waals surface area contributed by atoms with Gasteiger partial charge in [-0.3, -0.25) is 10.1 Å². The van der Waals surface area contributed by atoms with Crippen LogP contribution in [0.4, 0.5) is 5.69 Å². The lowest BCUT2D eigenvalue weighted by Crippen LogP contribution is -2.00. The van der Waals surface area contributed by atoms with E-state index in [1.807, 2.05) is 6.07 Å². The predicted octanol–water partition coefficient (Wildman–Crippen LogP) is 1.76. The fourth-order valence-electron chi connectivity index (χ4n) is 1.06. The maximum absolute atomic E-state index is 10.7. The predicted molar refractivity (Wildman–Crippen MR) is 53.5 cm³/mol. The molecule has 1 aromatic carbocycles. The molecule has 6 nitrogen and oxygen atoms in total. The zero-order chi connectivity index (χ0) is 12.0. The summed E-state index contributed by atoms with van der Waals surface area (Å²) >= 11 is 0. The van der Waals surface area contributed by atoms with Crippen LogP contribution < -0.4 is 4.74 Å². The van der Waals surface area contributed by atoms with Crippen LogP contribution in [0.25, 0.3) is 0 Å². The smallest absolute Gasteiger partial charge is 0.312 e. The Morgan fingerprint density at radius 3 is 2.75 bits per heavy atom. The molecule has 0 saturated heterocycles. The molecule has 0 fully saturated rings. The highest BCUT2D eigenvalue weighted by atomic mass is 16.6. The van der Waals surface area contributed by atoms with Gasteiger partial charge in [-0.05, 0) is 12.1 Å². The van der Waals surface area contributed by atoms with E-state index < -0.39 is 4.92 Å². The minimum absolute atomic E-state index is 0.0688. The van der Waals surface area contributed by atoms with E-state index in [4.69, 9.17) is 15.3 Å². The number of nitro groups is 1. The number of rotatable bonds is 4. The largest absolute Gasteiger partial charge is 0.486 e. The summed E-state index contributed by atoms with van der Waals surface area (Å²) in [4.78, 5) is 10.1. The molecule has 80 valence electrons. The molecular weight excluding hydrogens is 210 g/mol. The van der Waals surface area contributed by atoms with Gasteiger partial charge in [-0.25, -0.2) is 0 Å². The Hall–Kier alpha value is -2.60. The molecule has 0 heterocycles. The Morgan fingerprint density at radius 2 is 2.19 bits per heavy atom. The number of nitrogens with zero attached hydrogens (tertiary/aromatic N) is 3. The molecule has 0 atom stereocenters. The number of nitriles is 2. The molecule has 0 unspecified atom stereocenters. The van der Waals surface area contributed by atoms with Crippen LogP contribution in [0.5, 0.6) is 5.75 Å². The van der Waals surface area contributed by atoms with Crippen molar-refractivity contribution in [2.24, 2.45) is 0 Å². The molecule has 0 amide bonds. The highest BCUT2D eigenvalue weighted by Crippen LogP contribution is 2.27. The van der Waals surface area contributed by atoms with Gasteiger partial charge in [0.25, 0.3) is 0 Å². The second-order valence-corrected chi connectivity index (χ2v) is 2.81. The van der Waals surface area contributed by atoms with Crippen LogP contribution in [0.15, 0.2) is 18.2 Å². The first-order valence-electron chi connectivity index (χ1n) is 4.37. The summed E-state index contributed by atoms with van der Waals surface area (Å²) in [5.41, 5.74) is -0.0728. The Labute approximate surface area is 91.4 Å². The van der Waals surface area contributed by atoms with E-state index in [-0.39, 0.29) is 30.0 Å². The molecule has 0 aliphatic heterocycles. The van der Waals surface area contributed by atoms with Gasteiger partial charge in [-0.2, -0.15) is 10.5 Å². The van der Waals surface area contributed by atoms with Crippen LogP contribution in [-0.4, -0.2) is 11.5 Å². The van der Waals surface area contributed by atoms with Crippen molar-refractivity contribution in [3.05, 3.63) is 33.9 Å². The quantitative estimate of drug-likeness (QED) is 0.434. The van der Waals surface area contributed by atoms with Gasteiger partial charge in [0.2, 0.25) is 0 Å². The molecule has 0 aliphatic rings. The average molecular weight is 217 g/mol. The molecule has 0 radical (unpaired) electrons. The molecule has 0 N–H and O–H groups in total. The molecule has 1 aromatic rings. The first kappa shape index (κ1) is 11.5. The molecule has 0 aliphatic carbocycles. The molecule has 0 aromatic heterocycles. The van der Waals surface area contributed by atoms with Crippen LogP contribution in [-0.2, 0) is 0 Å². The van der Waals surface area contributed by atoms with Crippen molar-refractivity contribution in [2.45, 2.75) is 6.42 Å². The monoisotopic (exact) mass is 217 g/mol. The van der Waals surface area contributed by atoms with Crippen molar-refractivity contribution >= 4 is 5.69 Å². The maximum Gasteiger partial charge on any atom is 0.312 e. The van der Waals surface area contributed by atoms with E-state index in [9.17, 15) is 10.1 Å². The van der Waals surface area contributed by atoms with E-state index in [0.29, 0.717) is 0 Å². The highest BCUT2D eigenvalue weighted by molar-refractivity contribution is 5.51. The van der Waals surface area contributed by atoms with E-state index >= 15 is 0 Å². The van der Waals surface area contributed by atoms with Gasteiger partial charge in [0, 0.05) is 6.07 Å². The third kappa shape index (κ3) is 2.69. The third-order valence-corrected chi connectivity index (χ3v) is 1.76. The fourth-order valence-corrected chi connectivity index (χ4v) is 1.06. The van der Waals surface area contributed by atoms with Crippen molar-refractivity contribution in [1.29, 1.82) is 10.5 Å². The SMILES string of the molecule is N#CCCOc1ccc(C#N)cc1[N+](=O)[O-]. The summed E-state index contributed by atoms with van der Waals surface area (Å²) in [5, 5.41) is 27.6. The van der Waals surface area contributed by atoms with E-state index in [1.54, 1.807) is 6.07 Å². The molecule has 0 bridgehead atoms. The maximum atomic E-state index is 10.7. The van der Waals surface area contributed by atoms with E-state index in [1.165, 1.54) is 12.1 Å². The van der Waals surface area contributed by atoms with Crippen molar-refractivity contribution < 1.29 is 9.66 Å². The molecule has 16 heavy (non-hydrogen) atoms. The lowest BCUT2D eigenvalue weighted by atomic mass is 10.2. The van der Waals surface area contributed by atoms with Gasteiger partial charge in [-0.15, -0.1) is 0 Å². The number of hydrogen-bond donors (Lipinski definition) is 0. The Morgan fingerprint density at radius 1 is 1.44 bits per heavy atom. The van der Waals surface area contributed by atoms with Gasteiger partial charge in [0.1, 0.15) is 6.61 Å². The van der Waals surface area contributed by atoms with Crippen molar-refractivity contribution in [3.63, 3.8) is 0 Å². The second kappa shape index (κ2) is 5.32. The summed E-state index contributed by atoms with van der Waals surface area (Å²) in [6, 6.07) is 7.59. The summed E-state index contributed by atoms with van der Waals surface area (Å²) in [5.74, 6) is 0.0688. The summed E-state index contributed by atoms with van der Waals surface area (Å²) < 4.78 is 5.06. The van der Waals surface area contributed by atoms with Gasteiger partial charge in [0.05, 0.1) is 29.0 Å². The minimum atomic E-state index is -0.622. The third-order valence-electron chi connectivity index (χ3n) is 1.76. The van der Waals surface area contributed by atoms with Gasteiger partial charge < -0.3 is 4.74 Å². The standard InChI is InChI=1S/C10H7N3O3/c11-4-1-5-16-10-3-2-8(7-12)6-9(10)13(14)15/h2-3,6H,1,5H2. The van der Waals surface area contributed by atoms with E-state index in [0.717, 1.165) is 6.07 Å². The topological polar surface area (TPSA) is 99.9 Å². The summed E-state index contributed by atoms with van der Waals surface area (Å²) in [6.45, 7) is 0.0865. The molecule has 1 rings (SSSR count). The highest BCUT2D eigenvalue weighted by Gasteiger charge is 2.15. The van der Waals surface area contributed by atoms with Crippen LogP contribution in [0, 0.1) is 32.8 Å². The van der Waals surface area contributed by atoms with Gasteiger partial charge in [0.15, 0.2) is 5.75 Å². The lowest BCUT2D eigenvalue weighted by molar-refractivity contribution is -0.385. The Bertz CT molecular complexity index is 485. The number of ether oxygens (including phenoxy) is 1. The first-order chi connectivity index (χ1) is 7.69. The van der Waals surface area contributed by atoms with E-state index in [2.05, 4.69) is 0 Å². The molecule has 0 saturated carbocycles. The molecule has 0 spiro atoms. The fraction of sp³-hybridized carbons (Fsp3) is 0.200. The normalized spacial score (nSPS) is 8.88.